The first-order valence-corrected chi connectivity index (χ1v) is 5.97. The van der Waals surface area contributed by atoms with Crippen LogP contribution in [0.3, 0.4) is 0 Å². The number of aromatic nitrogens is 3. The third kappa shape index (κ3) is 2.12. The molecule has 0 saturated heterocycles. The molecule has 0 fully saturated rings. The van der Waals surface area contributed by atoms with E-state index in [4.69, 9.17) is 0 Å². The molecule has 1 aromatic heterocycles. The smallest absolute Gasteiger partial charge is 0.168 e. The van der Waals surface area contributed by atoms with Crippen molar-refractivity contribution in [3.8, 4) is 17.1 Å². The van der Waals surface area contributed by atoms with Crippen LogP contribution in [0, 0.1) is 12.7 Å². The fraction of sp³-hybridized carbons (Fsp3) is 0.0667. The summed E-state index contributed by atoms with van der Waals surface area (Å²) in [5.41, 5.74) is 2.67. The van der Waals surface area contributed by atoms with Gasteiger partial charge in [0.25, 0.3) is 0 Å². The Bertz CT molecular complexity index is 704. The molecule has 19 heavy (non-hydrogen) atoms. The third-order valence-electron chi connectivity index (χ3n) is 3.02. The Hall–Kier alpha value is -2.49. The normalized spacial score (nSPS) is 10.6. The predicted octanol–water partition coefficient (Wildman–Crippen LogP) is 3.38. The molecule has 0 aliphatic heterocycles. The number of halogens is 1. The van der Waals surface area contributed by atoms with Gasteiger partial charge in [0.05, 0.1) is 0 Å². The Morgan fingerprint density at radius 1 is 1.05 bits per heavy atom. The predicted molar refractivity (Wildman–Crippen MR) is 71.5 cm³/mol. The molecule has 0 radical (unpaired) electrons. The Morgan fingerprint density at radius 2 is 1.84 bits per heavy atom. The molecular weight excluding hydrogens is 241 g/mol. The van der Waals surface area contributed by atoms with E-state index in [0.29, 0.717) is 5.82 Å². The minimum absolute atomic E-state index is 0.275. The second-order valence-corrected chi connectivity index (χ2v) is 4.32. The number of benzene rings is 2. The number of nitrogens with zero attached hydrogens (tertiary/aromatic N) is 3. The third-order valence-corrected chi connectivity index (χ3v) is 3.02. The van der Waals surface area contributed by atoms with Crippen LogP contribution in [0.1, 0.15) is 5.56 Å². The first kappa shape index (κ1) is 11.6. The molecule has 2 aromatic carbocycles. The fourth-order valence-electron chi connectivity index (χ4n) is 2.03. The average Bonchev–Trinajstić information content (AvgIpc) is 2.91. The number of hydrogen-bond acceptors (Lipinski definition) is 2. The molecule has 0 bridgehead atoms. The van der Waals surface area contributed by atoms with Crippen LogP contribution >= 0.6 is 0 Å². The zero-order valence-electron chi connectivity index (χ0n) is 10.4. The maximum absolute atomic E-state index is 13.4. The first-order chi connectivity index (χ1) is 9.25. The molecule has 0 atom stereocenters. The molecule has 3 rings (SSSR count). The topological polar surface area (TPSA) is 30.7 Å². The van der Waals surface area contributed by atoms with Gasteiger partial charge in [-0.2, -0.15) is 0 Å². The van der Waals surface area contributed by atoms with Crippen molar-refractivity contribution in [3.05, 3.63) is 66.2 Å². The van der Waals surface area contributed by atoms with Crippen LogP contribution < -0.4 is 0 Å². The average molecular weight is 253 g/mol. The highest BCUT2D eigenvalue weighted by molar-refractivity contribution is 5.62. The van der Waals surface area contributed by atoms with Crippen LogP contribution in [0.25, 0.3) is 17.1 Å². The van der Waals surface area contributed by atoms with Gasteiger partial charge in [-0.1, -0.05) is 24.3 Å². The summed E-state index contributed by atoms with van der Waals surface area (Å²) in [5.74, 6) is 0.367. The van der Waals surface area contributed by atoms with Gasteiger partial charge in [0.15, 0.2) is 5.82 Å². The molecular formula is C15H12FN3. The maximum Gasteiger partial charge on any atom is 0.168 e. The SMILES string of the molecule is Cc1ccc(F)cc1-c1nncn1-c1ccccc1. The Morgan fingerprint density at radius 3 is 2.63 bits per heavy atom. The molecule has 0 amide bonds. The molecule has 0 aliphatic carbocycles. The Balaban J connectivity index is 2.18. The fourth-order valence-corrected chi connectivity index (χ4v) is 2.03. The lowest BCUT2D eigenvalue weighted by Gasteiger charge is -2.08. The van der Waals surface area contributed by atoms with E-state index in [9.17, 15) is 4.39 Å². The van der Waals surface area contributed by atoms with E-state index in [2.05, 4.69) is 10.2 Å². The van der Waals surface area contributed by atoms with Crippen molar-refractivity contribution in [1.82, 2.24) is 14.8 Å². The molecule has 4 heteroatoms. The van der Waals surface area contributed by atoms with Gasteiger partial charge >= 0.3 is 0 Å². The van der Waals surface area contributed by atoms with Crippen LogP contribution in [-0.2, 0) is 0 Å². The van der Waals surface area contributed by atoms with Gasteiger partial charge in [0.2, 0.25) is 0 Å². The summed E-state index contributed by atoms with van der Waals surface area (Å²) >= 11 is 0. The molecule has 0 saturated carbocycles. The standard InChI is InChI=1S/C15H12FN3/c1-11-7-8-12(16)9-14(11)15-18-17-10-19(15)13-5-3-2-4-6-13/h2-10H,1H3. The zero-order valence-corrected chi connectivity index (χ0v) is 10.4. The Kier molecular flexibility index (Phi) is 2.83. The second-order valence-electron chi connectivity index (χ2n) is 4.32. The molecule has 0 unspecified atom stereocenters. The Labute approximate surface area is 110 Å². The number of hydrogen-bond donors (Lipinski definition) is 0. The van der Waals surface area contributed by atoms with Crippen LogP contribution in [-0.4, -0.2) is 14.8 Å². The highest BCUT2D eigenvalue weighted by Gasteiger charge is 2.11. The van der Waals surface area contributed by atoms with E-state index in [1.54, 1.807) is 12.4 Å². The van der Waals surface area contributed by atoms with E-state index >= 15 is 0 Å². The van der Waals surface area contributed by atoms with Gasteiger partial charge in [-0.25, -0.2) is 4.39 Å². The van der Waals surface area contributed by atoms with Crippen molar-refractivity contribution in [1.29, 1.82) is 0 Å². The van der Waals surface area contributed by atoms with Crippen molar-refractivity contribution in [3.63, 3.8) is 0 Å². The van der Waals surface area contributed by atoms with E-state index in [-0.39, 0.29) is 5.82 Å². The summed E-state index contributed by atoms with van der Waals surface area (Å²) in [4.78, 5) is 0. The largest absolute Gasteiger partial charge is 0.282 e. The quantitative estimate of drug-likeness (QED) is 0.701. The van der Waals surface area contributed by atoms with Crippen LogP contribution in [0.4, 0.5) is 4.39 Å². The molecule has 0 spiro atoms. The number of rotatable bonds is 2. The van der Waals surface area contributed by atoms with Crippen molar-refractivity contribution in [2.45, 2.75) is 6.92 Å². The van der Waals surface area contributed by atoms with E-state index in [1.165, 1.54) is 12.1 Å². The highest BCUT2D eigenvalue weighted by atomic mass is 19.1. The molecule has 1 heterocycles. The highest BCUT2D eigenvalue weighted by Crippen LogP contribution is 2.24. The van der Waals surface area contributed by atoms with Gasteiger partial charge in [0.1, 0.15) is 12.1 Å². The van der Waals surface area contributed by atoms with Crippen molar-refractivity contribution < 1.29 is 4.39 Å². The lowest BCUT2D eigenvalue weighted by molar-refractivity contribution is 0.627. The molecule has 94 valence electrons. The van der Waals surface area contributed by atoms with Crippen LogP contribution in [0.5, 0.6) is 0 Å². The summed E-state index contributed by atoms with van der Waals surface area (Å²) < 4.78 is 15.3. The lowest BCUT2D eigenvalue weighted by atomic mass is 10.1. The van der Waals surface area contributed by atoms with E-state index < -0.39 is 0 Å². The molecule has 3 aromatic rings. The van der Waals surface area contributed by atoms with E-state index in [1.807, 2.05) is 41.8 Å². The summed E-state index contributed by atoms with van der Waals surface area (Å²) in [5, 5.41) is 8.05. The summed E-state index contributed by atoms with van der Waals surface area (Å²) in [7, 11) is 0. The molecule has 0 N–H and O–H groups in total. The van der Waals surface area contributed by atoms with Gasteiger partial charge in [0, 0.05) is 11.3 Å². The van der Waals surface area contributed by atoms with Crippen molar-refractivity contribution in [2.75, 3.05) is 0 Å². The summed E-state index contributed by atoms with van der Waals surface area (Å²) in [6.45, 7) is 1.93. The summed E-state index contributed by atoms with van der Waals surface area (Å²) in [6, 6.07) is 14.4. The van der Waals surface area contributed by atoms with Gasteiger partial charge in [-0.3, -0.25) is 4.57 Å². The number of para-hydroxylation sites is 1. The minimum Gasteiger partial charge on any atom is -0.282 e. The van der Waals surface area contributed by atoms with Crippen LogP contribution in [0.15, 0.2) is 54.9 Å². The molecule has 0 aliphatic rings. The lowest BCUT2D eigenvalue weighted by Crippen LogP contribution is -1.97. The monoisotopic (exact) mass is 253 g/mol. The summed E-state index contributed by atoms with van der Waals surface area (Å²) in [6.07, 6.45) is 1.63. The van der Waals surface area contributed by atoms with Crippen molar-refractivity contribution in [2.24, 2.45) is 0 Å². The molecule has 3 nitrogen and oxygen atoms in total. The van der Waals surface area contributed by atoms with Crippen LogP contribution in [0.2, 0.25) is 0 Å². The van der Waals surface area contributed by atoms with Gasteiger partial charge in [-0.05, 0) is 36.8 Å². The number of aryl methyl sites for hydroxylation is 1. The zero-order chi connectivity index (χ0) is 13.2. The van der Waals surface area contributed by atoms with Crippen molar-refractivity contribution >= 4 is 0 Å². The second kappa shape index (κ2) is 4.65. The van der Waals surface area contributed by atoms with Gasteiger partial charge in [-0.15, -0.1) is 10.2 Å². The maximum atomic E-state index is 13.4. The first-order valence-electron chi connectivity index (χ1n) is 5.97. The minimum atomic E-state index is -0.275. The van der Waals surface area contributed by atoms with E-state index in [0.717, 1.165) is 16.8 Å². The van der Waals surface area contributed by atoms with Gasteiger partial charge < -0.3 is 0 Å².